The number of carbonyl (C=O) groups is 1. The summed E-state index contributed by atoms with van der Waals surface area (Å²) >= 11 is 0. The third-order valence-corrected chi connectivity index (χ3v) is 4.97. The molecule has 2 atom stereocenters. The van der Waals surface area contributed by atoms with Crippen LogP contribution < -0.4 is 5.32 Å². The second kappa shape index (κ2) is 6.69. The van der Waals surface area contributed by atoms with Crippen LogP contribution in [0.2, 0.25) is 0 Å². The van der Waals surface area contributed by atoms with Crippen molar-refractivity contribution in [3.63, 3.8) is 0 Å². The number of aliphatic hydroxyl groups excluding tert-OH is 1. The normalized spacial score (nSPS) is 17.9. The molecule has 0 bridgehead atoms. The number of nitrogens with zero attached hydrogens (tertiary/aromatic N) is 2. The lowest BCUT2D eigenvalue weighted by Crippen LogP contribution is -2.37. The summed E-state index contributed by atoms with van der Waals surface area (Å²) < 4.78 is 2.09. The van der Waals surface area contributed by atoms with E-state index in [1.165, 1.54) is 0 Å². The highest BCUT2D eigenvalue weighted by atomic mass is 16.3. The third-order valence-electron chi connectivity index (χ3n) is 4.97. The molecule has 25 heavy (non-hydrogen) atoms. The number of aromatic nitrogens is 2. The molecule has 1 aromatic heterocycles. The summed E-state index contributed by atoms with van der Waals surface area (Å²) in [7, 11) is 0. The van der Waals surface area contributed by atoms with Crippen LogP contribution in [0.4, 0.5) is 0 Å². The quantitative estimate of drug-likeness (QED) is 0.769. The predicted octanol–water partition coefficient (Wildman–Crippen LogP) is 2.45. The van der Waals surface area contributed by atoms with Crippen molar-refractivity contribution in [3.05, 3.63) is 66.2 Å². The Morgan fingerprint density at radius 1 is 1.28 bits per heavy atom. The summed E-state index contributed by atoms with van der Waals surface area (Å²) in [6.45, 7) is 1.05. The highest BCUT2D eigenvalue weighted by Crippen LogP contribution is 2.22. The number of hydrogen-bond donors (Lipinski definition) is 2. The van der Waals surface area contributed by atoms with Crippen molar-refractivity contribution < 1.29 is 9.90 Å². The van der Waals surface area contributed by atoms with E-state index in [0.717, 1.165) is 35.0 Å². The average Bonchev–Trinajstić information content (AvgIpc) is 3.13. The first-order valence-electron chi connectivity index (χ1n) is 8.64. The van der Waals surface area contributed by atoms with Crippen LogP contribution >= 0.6 is 0 Å². The van der Waals surface area contributed by atoms with Gasteiger partial charge in [0, 0.05) is 37.3 Å². The van der Waals surface area contributed by atoms with Gasteiger partial charge in [-0.25, -0.2) is 4.98 Å². The standard InChI is InChI=1S/C20H21N3O2/c24-19(16-6-5-14-3-1-2-4-15(14)9-16)12-22-20(25)17-7-8-23-13-21-11-18(23)10-17/h1-6,9,11,13,17,19,24H,7-8,10,12H2,(H,22,25). The van der Waals surface area contributed by atoms with E-state index in [1.54, 1.807) is 0 Å². The van der Waals surface area contributed by atoms with E-state index in [9.17, 15) is 9.90 Å². The van der Waals surface area contributed by atoms with Crippen LogP contribution in [0.3, 0.4) is 0 Å². The Kier molecular flexibility index (Phi) is 4.24. The van der Waals surface area contributed by atoms with Gasteiger partial charge in [-0.15, -0.1) is 0 Å². The molecular weight excluding hydrogens is 314 g/mol. The summed E-state index contributed by atoms with van der Waals surface area (Å²) in [5, 5.41) is 15.6. The Morgan fingerprint density at radius 3 is 3.00 bits per heavy atom. The minimum Gasteiger partial charge on any atom is -0.387 e. The molecule has 1 aliphatic heterocycles. The monoisotopic (exact) mass is 335 g/mol. The number of imidazole rings is 1. The van der Waals surface area contributed by atoms with Gasteiger partial charge in [0.05, 0.1) is 12.4 Å². The van der Waals surface area contributed by atoms with Crippen LogP contribution in [-0.2, 0) is 17.8 Å². The maximum Gasteiger partial charge on any atom is 0.223 e. The van der Waals surface area contributed by atoms with Crippen molar-refractivity contribution in [2.24, 2.45) is 5.92 Å². The fourth-order valence-electron chi connectivity index (χ4n) is 3.47. The van der Waals surface area contributed by atoms with Crippen LogP contribution in [0.5, 0.6) is 0 Å². The van der Waals surface area contributed by atoms with Crippen molar-refractivity contribution in [2.45, 2.75) is 25.5 Å². The number of amides is 1. The Hall–Kier alpha value is -2.66. The SMILES string of the molecule is O=C(NCC(O)c1ccc2ccccc2c1)C1CCn2cncc2C1. The Balaban J connectivity index is 1.37. The molecule has 2 aromatic carbocycles. The summed E-state index contributed by atoms with van der Waals surface area (Å²) in [6, 6.07) is 13.9. The lowest BCUT2D eigenvalue weighted by molar-refractivity contribution is -0.126. The van der Waals surface area contributed by atoms with Gasteiger partial charge in [0.2, 0.25) is 5.91 Å². The Bertz CT molecular complexity index is 903. The summed E-state index contributed by atoms with van der Waals surface area (Å²) in [6.07, 6.45) is 4.44. The molecule has 3 aromatic rings. The van der Waals surface area contributed by atoms with E-state index in [4.69, 9.17) is 0 Å². The summed E-state index contributed by atoms with van der Waals surface area (Å²) in [4.78, 5) is 16.6. The van der Waals surface area contributed by atoms with Gasteiger partial charge in [-0.3, -0.25) is 4.79 Å². The zero-order valence-electron chi connectivity index (χ0n) is 13.9. The van der Waals surface area contributed by atoms with Crippen LogP contribution in [0.25, 0.3) is 10.8 Å². The van der Waals surface area contributed by atoms with Gasteiger partial charge >= 0.3 is 0 Å². The molecule has 1 amide bonds. The number of rotatable bonds is 4. The zero-order valence-corrected chi connectivity index (χ0v) is 13.9. The number of fused-ring (bicyclic) bond motifs is 2. The Labute approximate surface area is 146 Å². The molecule has 2 unspecified atom stereocenters. The molecule has 0 saturated heterocycles. The molecule has 1 aliphatic rings. The van der Waals surface area contributed by atoms with Crippen molar-refractivity contribution in [2.75, 3.05) is 6.54 Å². The van der Waals surface area contributed by atoms with Gasteiger partial charge in [0.25, 0.3) is 0 Å². The molecule has 0 spiro atoms. The molecule has 4 rings (SSSR count). The van der Waals surface area contributed by atoms with E-state index >= 15 is 0 Å². The number of aryl methyl sites for hydroxylation is 1. The smallest absolute Gasteiger partial charge is 0.223 e. The molecular formula is C20H21N3O2. The molecule has 2 N–H and O–H groups in total. The fraction of sp³-hybridized carbons (Fsp3) is 0.300. The molecule has 2 heterocycles. The molecule has 0 aliphatic carbocycles. The number of carbonyl (C=O) groups excluding carboxylic acids is 1. The maximum atomic E-state index is 12.4. The van der Waals surface area contributed by atoms with Gasteiger partial charge in [-0.2, -0.15) is 0 Å². The van der Waals surface area contributed by atoms with Crippen LogP contribution in [0, 0.1) is 5.92 Å². The van der Waals surface area contributed by atoms with Crippen molar-refractivity contribution in [1.82, 2.24) is 14.9 Å². The van der Waals surface area contributed by atoms with Crippen molar-refractivity contribution >= 4 is 16.7 Å². The molecule has 0 fully saturated rings. The maximum absolute atomic E-state index is 12.4. The molecule has 128 valence electrons. The van der Waals surface area contributed by atoms with Crippen LogP contribution in [0.1, 0.15) is 23.8 Å². The van der Waals surface area contributed by atoms with E-state index in [-0.39, 0.29) is 18.4 Å². The van der Waals surface area contributed by atoms with Gasteiger partial charge in [-0.05, 0) is 28.8 Å². The fourth-order valence-corrected chi connectivity index (χ4v) is 3.47. The van der Waals surface area contributed by atoms with E-state index in [2.05, 4.69) is 14.9 Å². The number of aliphatic hydroxyl groups is 1. The summed E-state index contributed by atoms with van der Waals surface area (Å²) in [5.74, 6) is -0.0414. The van der Waals surface area contributed by atoms with E-state index in [0.29, 0.717) is 6.42 Å². The topological polar surface area (TPSA) is 67.2 Å². The third kappa shape index (κ3) is 3.28. The average molecular weight is 335 g/mol. The van der Waals surface area contributed by atoms with Gasteiger partial charge < -0.3 is 15.0 Å². The van der Waals surface area contributed by atoms with Crippen LogP contribution in [0.15, 0.2) is 55.0 Å². The van der Waals surface area contributed by atoms with Crippen molar-refractivity contribution in [3.8, 4) is 0 Å². The van der Waals surface area contributed by atoms with Gasteiger partial charge in [0.1, 0.15) is 0 Å². The molecule has 5 nitrogen and oxygen atoms in total. The van der Waals surface area contributed by atoms with Crippen molar-refractivity contribution in [1.29, 1.82) is 0 Å². The minimum absolute atomic E-state index is 0.00675. The molecule has 5 heteroatoms. The first-order valence-corrected chi connectivity index (χ1v) is 8.64. The van der Waals surface area contributed by atoms with E-state index < -0.39 is 6.10 Å². The summed E-state index contributed by atoms with van der Waals surface area (Å²) in [5.41, 5.74) is 1.92. The van der Waals surface area contributed by atoms with Gasteiger partial charge in [0.15, 0.2) is 0 Å². The Morgan fingerprint density at radius 2 is 2.12 bits per heavy atom. The largest absolute Gasteiger partial charge is 0.387 e. The second-order valence-electron chi connectivity index (χ2n) is 6.64. The highest BCUT2D eigenvalue weighted by Gasteiger charge is 2.25. The lowest BCUT2D eigenvalue weighted by atomic mass is 9.95. The lowest BCUT2D eigenvalue weighted by Gasteiger charge is -2.23. The molecule has 0 radical (unpaired) electrons. The first-order chi connectivity index (χ1) is 12.2. The number of benzene rings is 2. The number of nitrogens with one attached hydrogen (secondary N) is 1. The minimum atomic E-state index is -0.706. The van der Waals surface area contributed by atoms with Gasteiger partial charge in [-0.1, -0.05) is 36.4 Å². The zero-order chi connectivity index (χ0) is 17.2. The highest BCUT2D eigenvalue weighted by molar-refractivity contribution is 5.83. The number of hydrogen-bond acceptors (Lipinski definition) is 3. The molecule has 0 saturated carbocycles. The van der Waals surface area contributed by atoms with E-state index in [1.807, 2.05) is 55.0 Å². The first kappa shape index (κ1) is 15.8. The second-order valence-corrected chi connectivity index (χ2v) is 6.64. The van der Waals surface area contributed by atoms with Crippen LogP contribution in [-0.4, -0.2) is 27.1 Å². The predicted molar refractivity (Wildman–Crippen MR) is 96.0 cm³/mol.